The van der Waals surface area contributed by atoms with E-state index < -0.39 is 9.84 Å². The molecule has 0 unspecified atom stereocenters. The molecule has 9 heavy (non-hydrogen) atoms. The summed E-state index contributed by atoms with van der Waals surface area (Å²) in [4.78, 5) is 0.671. The average molecular weight is 146 g/mol. The Morgan fingerprint density at radius 1 is 1.56 bits per heavy atom. The number of sulfone groups is 1. The molecule has 2 nitrogen and oxygen atoms in total. The maximum atomic E-state index is 10.7. The molecule has 0 saturated carbocycles. The highest BCUT2D eigenvalue weighted by Crippen LogP contribution is 2.36. The molecular weight excluding hydrogens is 136 g/mol. The minimum atomic E-state index is -2.81. The van der Waals surface area contributed by atoms with E-state index in [0.717, 1.165) is 18.4 Å². The van der Waals surface area contributed by atoms with Crippen LogP contribution in [-0.4, -0.2) is 14.7 Å². The van der Waals surface area contributed by atoms with E-state index in [2.05, 4.69) is 0 Å². The molecule has 52 valence electrons. The molecule has 0 radical (unpaired) electrons. The molecule has 0 aromatic carbocycles. The van der Waals surface area contributed by atoms with E-state index in [1.54, 1.807) is 0 Å². The van der Waals surface area contributed by atoms with Gasteiger partial charge in [-0.3, -0.25) is 0 Å². The van der Waals surface area contributed by atoms with Gasteiger partial charge in [0.2, 0.25) is 0 Å². The fourth-order valence-corrected chi connectivity index (χ4v) is 1.97. The second-order valence-corrected chi connectivity index (χ2v) is 4.37. The predicted octanol–water partition coefficient (Wildman–Crippen LogP) is 1.10. The van der Waals surface area contributed by atoms with Gasteiger partial charge in [-0.15, -0.1) is 0 Å². The summed E-state index contributed by atoms with van der Waals surface area (Å²) in [6.07, 6.45) is 2.89. The standard InChI is InChI=1S/C6H10O2S/c1-3-5-4-6(5)9(2,7)8/h3-4H2,1-2H3. The topological polar surface area (TPSA) is 34.1 Å². The lowest BCUT2D eigenvalue weighted by Crippen LogP contribution is -1.89. The quantitative estimate of drug-likeness (QED) is 0.584. The summed E-state index contributed by atoms with van der Waals surface area (Å²) in [5.74, 6) is 0. The zero-order chi connectivity index (χ0) is 7.07. The summed E-state index contributed by atoms with van der Waals surface area (Å²) in [6.45, 7) is 1.98. The molecule has 0 fully saturated rings. The Bertz CT molecular complexity index is 246. The lowest BCUT2D eigenvalue weighted by Gasteiger charge is -1.81. The van der Waals surface area contributed by atoms with Crippen molar-refractivity contribution in [3.8, 4) is 0 Å². The van der Waals surface area contributed by atoms with E-state index in [1.165, 1.54) is 6.26 Å². The predicted molar refractivity (Wildman–Crippen MR) is 36.8 cm³/mol. The minimum absolute atomic E-state index is 0.671. The van der Waals surface area contributed by atoms with Crippen LogP contribution in [0.5, 0.6) is 0 Å². The van der Waals surface area contributed by atoms with Crippen LogP contribution in [0.2, 0.25) is 0 Å². The van der Waals surface area contributed by atoms with Gasteiger partial charge in [0.15, 0.2) is 9.84 Å². The summed E-state index contributed by atoms with van der Waals surface area (Å²) in [5.41, 5.74) is 1.11. The number of allylic oxidation sites excluding steroid dienone is 2. The Morgan fingerprint density at radius 2 is 2.11 bits per heavy atom. The van der Waals surface area contributed by atoms with Gasteiger partial charge >= 0.3 is 0 Å². The first-order valence-corrected chi connectivity index (χ1v) is 4.85. The van der Waals surface area contributed by atoms with Crippen molar-refractivity contribution in [2.75, 3.05) is 6.26 Å². The van der Waals surface area contributed by atoms with Crippen LogP contribution in [0.4, 0.5) is 0 Å². The van der Waals surface area contributed by atoms with Crippen LogP contribution in [-0.2, 0) is 9.84 Å². The highest BCUT2D eigenvalue weighted by molar-refractivity contribution is 7.94. The second kappa shape index (κ2) is 1.84. The van der Waals surface area contributed by atoms with Crippen molar-refractivity contribution in [1.29, 1.82) is 0 Å². The van der Waals surface area contributed by atoms with Crippen molar-refractivity contribution >= 4 is 9.84 Å². The number of rotatable bonds is 2. The maximum absolute atomic E-state index is 10.7. The molecule has 0 aromatic heterocycles. The second-order valence-electron chi connectivity index (χ2n) is 2.33. The van der Waals surface area contributed by atoms with Crippen molar-refractivity contribution in [3.63, 3.8) is 0 Å². The Kier molecular flexibility index (Phi) is 1.39. The van der Waals surface area contributed by atoms with Crippen molar-refractivity contribution in [2.24, 2.45) is 0 Å². The van der Waals surface area contributed by atoms with Gasteiger partial charge in [-0.1, -0.05) is 12.5 Å². The zero-order valence-electron chi connectivity index (χ0n) is 5.64. The Balaban J connectivity index is 2.83. The van der Waals surface area contributed by atoms with Crippen molar-refractivity contribution < 1.29 is 8.42 Å². The molecule has 0 aliphatic heterocycles. The highest BCUT2D eigenvalue weighted by atomic mass is 32.2. The van der Waals surface area contributed by atoms with Gasteiger partial charge in [0.1, 0.15) is 0 Å². The summed E-state index contributed by atoms with van der Waals surface area (Å²) in [7, 11) is -2.81. The summed E-state index contributed by atoms with van der Waals surface area (Å²) in [5, 5.41) is 0. The molecule has 0 spiro atoms. The van der Waals surface area contributed by atoms with Crippen LogP contribution in [0.25, 0.3) is 0 Å². The molecule has 0 N–H and O–H groups in total. The molecule has 0 heterocycles. The van der Waals surface area contributed by atoms with Crippen molar-refractivity contribution in [2.45, 2.75) is 19.8 Å². The largest absolute Gasteiger partial charge is 0.224 e. The van der Waals surface area contributed by atoms with Crippen LogP contribution in [0.1, 0.15) is 19.8 Å². The highest BCUT2D eigenvalue weighted by Gasteiger charge is 2.27. The molecule has 1 rings (SSSR count). The first-order valence-electron chi connectivity index (χ1n) is 2.96. The normalized spacial score (nSPS) is 18.4. The van der Waals surface area contributed by atoms with E-state index in [1.807, 2.05) is 6.92 Å². The van der Waals surface area contributed by atoms with E-state index in [-0.39, 0.29) is 0 Å². The van der Waals surface area contributed by atoms with E-state index >= 15 is 0 Å². The Morgan fingerprint density at radius 3 is 2.22 bits per heavy atom. The maximum Gasteiger partial charge on any atom is 0.171 e. The lowest BCUT2D eigenvalue weighted by molar-refractivity contribution is 0.608. The molecular formula is C6H10O2S. The van der Waals surface area contributed by atoms with E-state index in [4.69, 9.17) is 0 Å². The summed E-state index contributed by atoms with van der Waals surface area (Å²) >= 11 is 0. The Labute approximate surface area is 55.5 Å². The first-order chi connectivity index (χ1) is 4.05. The van der Waals surface area contributed by atoms with E-state index in [9.17, 15) is 8.42 Å². The van der Waals surface area contributed by atoms with Gasteiger partial charge in [0.25, 0.3) is 0 Å². The lowest BCUT2D eigenvalue weighted by atomic mass is 10.4. The van der Waals surface area contributed by atoms with Crippen molar-refractivity contribution in [1.82, 2.24) is 0 Å². The fourth-order valence-electron chi connectivity index (χ4n) is 0.865. The van der Waals surface area contributed by atoms with Crippen LogP contribution in [0.15, 0.2) is 10.5 Å². The number of hydrogen-bond donors (Lipinski definition) is 0. The molecule has 0 aromatic rings. The van der Waals surface area contributed by atoms with Crippen LogP contribution in [0.3, 0.4) is 0 Å². The molecule has 0 saturated heterocycles. The van der Waals surface area contributed by atoms with Gasteiger partial charge in [0.05, 0.1) is 0 Å². The van der Waals surface area contributed by atoms with Gasteiger partial charge in [-0.2, -0.15) is 0 Å². The Hall–Kier alpha value is -0.310. The summed E-state index contributed by atoms with van der Waals surface area (Å²) in [6, 6.07) is 0. The first kappa shape index (κ1) is 6.81. The van der Waals surface area contributed by atoms with Gasteiger partial charge in [0, 0.05) is 17.6 Å². The SMILES string of the molecule is CCC1=C(S(C)(=O)=O)C1. The van der Waals surface area contributed by atoms with Gasteiger partial charge in [-0.05, 0) is 6.42 Å². The van der Waals surface area contributed by atoms with Crippen LogP contribution >= 0.6 is 0 Å². The van der Waals surface area contributed by atoms with Gasteiger partial charge in [-0.25, -0.2) is 8.42 Å². The third kappa shape index (κ3) is 1.33. The monoisotopic (exact) mass is 146 g/mol. The minimum Gasteiger partial charge on any atom is -0.224 e. The summed E-state index contributed by atoms with van der Waals surface area (Å²) < 4.78 is 21.4. The molecule has 3 heteroatoms. The van der Waals surface area contributed by atoms with Crippen LogP contribution in [0, 0.1) is 0 Å². The van der Waals surface area contributed by atoms with Crippen molar-refractivity contribution in [3.05, 3.63) is 10.5 Å². The molecule has 0 atom stereocenters. The zero-order valence-corrected chi connectivity index (χ0v) is 6.46. The fraction of sp³-hybridized carbons (Fsp3) is 0.667. The van der Waals surface area contributed by atoms with E-state index in [0.29, 0.717) is 4.91 Å². The molecule has 0 amide bonds. The van der Waals surface area contributed by atoms with Gasteiger partial charge < -0.3 is 0 Å². The smallest absolute Gasteiger partial charge is 0.171 e. The van der Waals surface area contributed by atoms with Crippen LogP contribution < -0.4 is 0 Å². The average Bonchev–Trinajstić information content (AvgIpc) is 2.39. The third-order valence-corrected chi connectivity index (χ3v) is 2.85. The number of hydrogen-bond acceptors (Lipinski definition) is 2. The molecule has 1 aliphatic carbocycles. The molecule has 0 bridgehead atoms. The third-order valence-electron chi connectivity index (χ3n) is 1.52. The molecule has 1 aliphatic rings.